The van der Waals surface area contributed by atoms with Gasteiger partial charge in [0.2, 0.25) is 0 Å². The smallest absolute Gasteiger partial charge is 0.342 e. The standard InChI is InChI=1S/C14H10ClNO4/c1-8-6-9(3-5-12(8)15)10-2-4-11(14(17)18)13(7-10)16(19)20/h2-7H,1H3,(H,17,18). The molecule has 0 aliphatic heterocycles. The Morgan fingerprint density at radius 3 is 2.35 bits per heavy atom. The Labute approximate surface area is 119 Å². The summed E-state index contributed by atoms with van der Waals surface area (Å²) in [5.41, 5.74) is 1.40. The van der Waals surface area contributed by atoms with Crippen LogP contribution >= 0.6 is 11.6 Å². The average Bonchev–Trinajstić information content (AvgIpc) is 2.41. The van der Waals surface area contributed by atoms with Crippen molar-refractivity contribution < 1.29 is 14.8 Å². The number of nitro groups is 1. The second-order valence-corrected chi connectivity index (χ2v) is 4.67. The van der Waals surface area contributed by atoms with Crippen LogP contribution in [-0.2, 0) is 0 Å². The maximum absolute atomic E-state index is 11.0. The van der Waals surface area contributed by atoms with Crippen molar-refractivity contribution in [2.45, 2.75) is 6.92 Å². The summed E-state index contributed by atoms with van der Waals surface area (Å²) in [7, 11) is 0. The monoisotopic (exact) mass is 291 g/mol. The molecule has 5 nitrogen and oxygen atoms in total. The van der Waals surface area contributed by atoms with Crippen molar-refractivity contribution >= 4 is 23.3 Å². The minimum Gasteiger partial charge on any atom is -0.477 e. The van der Waals surface area contributed by atoms with Crippen LogP contribution in [0, 0.1) is 17.0 Å². The molecule has 0 fully saturated rings. The van der Waals surface area contributed by atoms with Gasteiger partial charge in [0.05, 0.1) is 4.92 Å². The molecule has 0 aliphatic rings. The molecule has 2 aromatic rings. The summed E-state index contributed by atoms with van der Waals surface area (Å²) in [6, 6.07) is 9.25. The zero-order chi connectivity index (χ0) is 14.9. The van der Waals surface area contributed by atoms with Gasteiger partial charge in [-0.15, -0.1) is 0 Å². The third-order valence-corrected chi connectivity index (χ3v) is 3.34. The molecule has 0 aromatic heterocycles. The number of carboxylic acids is 1. The Hall–Kier alpha value is -2.40. The van der Waals surface area contributed by atoms with Gasteiger partial charge in [-0.25, -0.2) is 4.79 Å². The van der Waals surface area contributed by atoms with Crippen LogP contribution in [0.25, 0.3) is 11.1 Å². The van der Waals surface area contributed by atoms with Gasteiger partial charge in [-0.2, -0.15) is 0 Å². The Morgan fingerprint density at radius 1 is 1.20 bits per heavy atom. The first-order valence-corrected chi connectivity index (χ1v) is 6.06. The molecule has 0 spiro atoms. The van der Waals surface area contributed by atoms with Crippen molar-refractivity contribution in [1.29, 1.82) is 0 Å². The number of hydrogen-bond acceptors (Lipinski definition) is 3. The topological polar surface area (TPSA) is 80.4 Å². The molecule has 6 heteroatoms. The van der Waals surface area contributed by atoms with Gasteiger partial charge in [-0.1, -0.05) is 23.7 Å². The van der Waals surface area contributed by atoms with Gasteiger partial charge in [0.25, 0.3) is 5.69 Å². The van der Waals surface area contributed by atoms with E-state index in [2.05, 4.69) is 0 Å². The predicted octanol–water partition coefficient (Wildman–Crippen LogP) is 3.92. The highest BCUT2D eigenvalue weighted by atomic mass is 35.5. The fourth-order valence-corrected chi connectivity index (χ4v) is 1.98. The molecule has 0 saturated heterocycles. The van der Waals surface area contributed by atoms with Gasteiger partial charge in [0, 0.05) is 11.1 Å². The van der Waals surface area contributed by atoms with Gasteiger partial charge >= 0.3 is 5.97 Å². The van der Waals surface area contributed by atoms with E-state index in [1.807, 2.05) is 6.92 Å². The SMILES string of the molecule is Cc1cc(-c2ccc(C(=O)O)c([N+](=O)[O-])c2)ccc1Cl. The minimum atomic E-state index is -1.32. The quantitative estimate of drug-likeness (QED) is 0.686. The number of benzene rings is 2. The van der Waals surface area contributed by atoms with E-state index in [1.165, 1.54) is 12.1 Å². The molecular formula is C14H10ClNO4. The Bertz CT molecular complexity index is 712. The second kappa shape index (κ2) is 5.30. The molecule has 0 aliphatic carbocycles. The van der Waals surface area contributed by atoms with Crippen molar-refractivity contribution in [2.75, 3.05) is 0 Å². The molecule has 0 heterocycles. The Kier molecular flexibility index (Phi) is 3.72. The van der Waals surface area contributed by atoms with Crippen molar-refractivity contribution in [1.82, 2.24) is 0 Å². The van der Waals surface area contributed by atoms with Gasteiger partial charge in [-0.3, -0.25) is 10.1 Å². The van der Waals surface area contributed by atoms with Gasteiger partial charge in [0.1, 0.15) is 5.56 Å². The van der Waals surface area contributed by atoms with Crippen LogP contribution in [0.3, 0.4) is 0 Å². The van der Waals surface area contributed by atoms with Crippen LogP contribution in [0.4, 0.5) is 5.69 Å². The number of aromatic carboxylic acids is 1. The third kappa shape index (κ3) is 2.62. The number of hydrogen-bond donors (Lipinski definition) is 1. The lowest BCUT2D eigenvalue weighted by atomic mass is 10.0. The highest BCUT2D eigenvalue weighted by Crippen LogP contribution is 2.29. The number of nitrogens with zero attached hydrogens (tertiary/aromatic N) is 1. The zero-order valence-electron chi connectivity index (χ0n) is 10.5. The Morgan fingerprint density at radius 2 is 1.80 bits per heavy atom. The lowest BCUT2D eigenvalue weighted by Crippen LogP contribution is -2.02. The molecule has 1 N–H and O–H groups in total. The summed E-state index contributed by atoms with van der Waals surface area (Å²) in [5, 5.41) is 20.5. The minimum absolute atomic E-state index is 0.329. The number of rotatable bonds is 3. The van der Waals surface area contributed by atoms with E-state index in [-0.39, 0.29) is 5.56 Å². The molecular weight excluding hydrogens is 282 g/mol. The fraction of sp³-hybridized carbons (Fsp3) is 0.0714. The second-order valence-electron chi connectivity index (χ2n) is 4.26. The molecule has 20 heavy (non-hydrogen) atoms. The number of halogens is 1. The first-order chi connectivity index (χ1) is 9.40. The van der Waals surface area contributed by atoms with E-state index < -0.39 is 16.6 Å². The summed E-state index contributed by atoms with van der Waals surface area (Å²) in [4.78, 5) is 21.2. The number of carboxylic acid groups (broad SMARTS) is 1. The largest absolute Gasteiger partial charge is 0.477 e. The Balaban J connectivity index is 2.58. The molecule has 2 rings (SSSR count). The fourth-order valence-electron chi connectivity index (χ4n) is 1.87. The highest BCUT2D eigenvalue weighted by Gasteiger charge is 2.20. The number of nitro benzene ring substituents is 1. The number of carbonyl (C=O) groups is 1. The van der Waals surface area contributed by atoms with E-state index in [4.69, 9.17) is 16.7 Å². The lowest BCUT2D eigenvalue weighted by Gasteiger charge is -2.06. The summed E-state index contributed by atoms with van der Waals surface area (Å²) in [6.07, 6.45) is 0. The van der Waals surface area contributed by atoms with Crippen molar-refractivity contribution in [3.8, 4) is 11.1 Å². The summed E-state index contributed by atoms with van der Waals surface area (Å²) >= 11 is 5.93. The third-order valence-electron chi connectivity index (χ3n) is 2.92. The molecule has 0 radical (unpaired) electrons. The maximum atomic E-state index is 11.0. The molecule has 102 valence electrons. The summed E-state index contributed by atoms with van der Waals surface area (Å²) in [5.74, 6) is -1.32. The first kappa shape index (κ1) is 14.0. The van der Waals surface area contributed by atoms with E-state index in [9.17, 15) is 14.9 Å². The van der Waals surface area contributed by atoms with Crippen LogP contribution in [0.5, 0.6) is 0 Å². The van der Waals surface area contributed by atoms with Gasteiger partial charge in [-0.05, 0) is 41.8 Å². The lowest BCUT2D eigenvalue weighted by molar-refractivity contribution is -0.385. The van der Waals surface area contributed by atoms with Crippen molar-refractivity contribution in [3.63, 3.8) is 0 Å². The highest BCUT2D eigenvalue weighted by molar-refractivity contribution is 6.31. The molecule has 0 bridgehead atoms. The van der Waals surface area contributed by atoms with Crippen LogP contribution in [-0.4, -0.2) is 16.0 Å². The average molecular weight is 292 g/mol. The van der Waals surface area contributed by atoms with Crippen LogP contribution in [0.1, 0.15) is 15.9 Å². The van der Waals surface area contributed by atoms with E-state index in [0.29, 0.717) is 10.6 Å². The first-order valence-electron chi connectivity index (χ1n) is 5.68. The van der Waals surface area contributed by atoms with E-state index in [0.717, 1.165) is 11.1 Å². The van der Waals surface area contributed by atoms with E-state index in [1.54, 1.807) is 24.3 Å². The molecule has 0 amide bonds. The molecule has 0 unspecified atom stereocenters. The maximum Gasteiger partial charge on any atom is 0.342 e. The normalized spacial score (nSPS) is 10.3. The van der Waals surface area contributed by atoms with E-state index >= 15 is 0 Å². The van der Waals surface area contributed by atoms with Gasteiger partial charge < -0.3 is 5.11 Å². The van der Waals surface area contributed by atoms with Crippen LogP contribution in [0.2, 0.25) is 5.02 Å². The van der Waals surface area contributed by atoms with Crippen LogP contribution < -0.4 is 0 Å². The number of aryl methyl sites for hydroxylation is 1. The van der Waals surface area contributed by atoms with Crippen LogP contribution in [0.15, 0.2) is 36.4 Å². The summed E-state index contributed by atoms with van der Waals surface area (Å²) in [6.45, 7) is 1.83. The molecule has 0 saturated carbocycles. The zero-order valence-corrected chi connectivity index (χ0v) is 11.2. The summed E-state index contributed by atoms with van der Waals surface area (Å²) < 4.78 is 0. The van der Waals surface area contributed by atoms with Crippen molar-refractivity contribution in [2.24, 2.45) is 0 Å². The molecule has 2 aromatic carbocycles. The molecule has 0 atom stereocenters. The predicted molar refractivity (Wildman–Crippen MR) is 75.2 cm³/mol. The van der Waals surface area contributed by atoms with Gasteiger partial charge in [0.15, 0.2) is 0 Å². The van der Waals surface area contributed by atoms with Crippen molar-refractivity contribution in [3.05, 3.63) is 62.7 Å².